The van der Waals surface area contributed by atoms with Crippen LogP contribution in [0.15, 0.2) is 22.7 Å². The molecule has 3 unspecified atom stereocenters. The first-order valence-electron chi connectivity index (χ1n) is 7.69. The van der Waals surface area contributed by atoms with E-state index in [1.54, 1.807) is 6.07 Å². The van der Waals surface area contributed by atoms with Crippen molar-refractivity contribution < 1.29 is 4.39 Å². The number of hydrogen-bond acceptors (Lipinski definition) is 1. The van der Waals surface area contributed by atoms with E-state index < -0.39 is 0 Å². The molecule has 0 bridgehead atoms. The van der Waals surface area contributed by atoms with E-state index in [0.29, 0.717) is 5.92 Å². The Kier molecular flexibility index (Phi) is 5.62. The average molecular weight is 342 g/mol. The summed E-state index contributed by atoms with van der Waals surface area (Å²) in [4.78, 5) is 0. The first-order chi connectivity index (χ1) is 9.51. The molecule has 3 atom stereocenters. The van der Waals surface area contributed by atoms with Gasteiger partial charge in [-0.2, -0.15) is 0 Å². The van der Waals surface area contributed by atoms with Crippen LogP contribution >= 0.6 is 15.9 Å². The van der Waals surface area contributed by atoms with Gasteiger partial charge in [-0.05, 0) is 55.7 Å². The fraction of sp³-hybridized carbons (Fsp3) is 0.647. The van der Waals surface area contributed by atoms with Crippen LogP contribution in [0.25, 0.3) is 0 Å². The molecule has 1 saturated carbocycles. The van der Waals surface area contributed by atoms with Gasteiger partial charge in [0.25, 0.3) is 0 Å². The molecular weight excluding hydrogens is 317 g/mol. The maximum Gasteiger partial charge on any atom is 0.129 e. The molecular formula is C17H25BrFN. The van der Waals surface area contributed by atoms with Gasteiger partial charge < -0.3 is 5.32 Å². The Morgan fingerprint density at radius 1 is 1.25 bits per heavy atom. The second-order valence-electron chi connectivity index (χ2n) is 6.38. The van der Waals surface area contributed by atoms with Gasteiger partial charge in [-0.3, -0.25) is 0 Å². The predicted octanol–water partition coefficient (Wildman–Crippen LogP) is 5.31. The van der Waals surface area contributed by atoms with Crippen molar-refractivity contribution in [3.05, 3.63) is 34.1 Å². The highest BCUT2D eigenvalue weighted by molar-refractivity contribution is 9.10. The first kappa shape index (κ1) is 16.0. The highest BCUT2D eigenvalue weighted by Crippen LogP contribution is 2.40. The third kappa shape index (κ3) is 3.82. The van der Waals surface area contributed by atoms with E-state index in [0.717, 1.165) is 28.4 Å². The molecule has 0 spiro atoms. The van der Waals surface area contributed by atoms with Gasteiger partial charge in [0, 0.05) is 16.1 Å². The summed E-state index contributed by atoms with van der Waals surface area (Å²) in [7, 11) is 0. The van der Waals surface area contributed by atoms with Crippen LogP contribution in [0.1, 0.15) is 51.6 Å². The summed E-state index contributed by atoms with van der Waals surface area (Å²) in [5.41, 5.74) is 0.821. The monoisotopic (exact) mass is 341 g/mol. The van der Waals surface area contributed by atoms with Crippen molar-refractivity contribution in [1.29, 1.82) is 0 Å². The molecule has 1 aliphatic rings. The molecule has 0 amide bonds. The van der Waals surface area contributed by atoms with Crippen molar-refractivity contribution in [2.24, 2.45) is 17.8 Å². The van der Waals surface area contributed by atoms with Crippen molar-refractivity contribution in [2.45, 2.75) is 46.1 Å². The molecule has 20 heavy (non-hydrogen) atoms. The van der Waals surface area contributed by atoms with Crippen LogP contribution in [0, 0.1) is 23.6 Å². The third-order valence-corrected chi connectivity index (χ3v) is 4.90. The molecule has 112 valence electrons. The van der Waals surface area contributed by atoms with Crippen molar-refractivity contribution in [3.63, 3.8) is 0 Å². The topological polar surface area (TPSA) is 12.0 Å². The number of hydrogen-bond donors (Lipinski definition) is 1. The summed E-state index contributed by atoms with van der Waals surface area (Å²) in [5.74, 6) is 1.91. The molecule has 0 aliphatic heterocycles. The largest absolute Gasteiger partial charge is 0.310 e. The predicted molar refractivity (Wildman–Crippen MR) is 86.2 cm³/mol. The zero-order chi connectivity index (χ0) is 14.7. The third-order valence-electron chi connectivity index (χ3n) is 4.41. The zero-order valence-corrected chi connectivity index (χ0v) is 14.2. The van der Waals surface area contributed by atoms with E-state index in [1.165, 1.54) is 19.3 Å². The van der Waals surface area contributed by atoms with Crippen LogP contribution in [0.2, 0.25) is 0 Å². The van der Waals surface area contributed by atoms with Gasteiger partial charge in [-0.15, -0.1) is 0 Å². The summed E-state index contributed by atoms with van der Waals surface area (Å²) in [6, 6.07) is 5.59. The van der Waals surface area contributed by atoms with Gasteiger partial charge in [0.05, 0.1) is 0 Å². The minimum atomic E-state index is -0.101. The Morgan fingerprint density at radius 2 is 1.90 bits per heavy atom. The van der Waals surface area contributed by atoms with Crippen molar-refractivity contribution >= 4 is 15.9 Å². The SMILES string of the molecule is CCNC(c1ccc(Br)cc1F)C1CC(C)CC(C)C1. The fourth-order valence-corrected chi connectivity index (χ4v) is 4.12. The Morgan fingerprint density at radius 3 is 2.45 bits per heavy atom. The average Bonchev–Trinajstić information content (AvgIpc) is 2.35. The lowest BCUT2D eigenvalue weighted by molar-refractivity contribution is 0.175. The molecule has 0 heterocycles. The Balaban J connectivity index is 2.25. The molecule has 0 saturated heterocycles. The van der Waals surface area contributed by atoms with Crippen LogP contribution in [-0.4, -0.2) is 6.54 Å². The summed E-state index contributed by atoms with van der Waals surface area (Å²) in [5, 5.41) is 3.51. The van der Waals surface area contributed by atoms with Crippen molar-refractivity contribution in [3.8, 4) is 0 Å². The van der Waals surface area contributed by atoms with E-state index in [2.05, 4.69) is 42.0 Å². The van der Waals surface area contributed by atoms with Crippen LogP contribution in [-0.2, 0) is 0 Å². The Hall–Kier alpha value is -0.410. The summed E-state index contributed by atoms with van der Waals surface area (Å²) in [6.07, 6.45) is 3.69. The highest BCUT2D eigenvalue weighted by Gasteiger charge is 2.31. The van der Waals surface area contributed by atoms with E-state index >= 15 is 0 Å². The van der Waals surface area contributed by atoms with Crippen molar-refractivity contribution in [2.75, 3.05) is 6.54 Å². The summed E-state index contributed by atoms with van der Waals surface area (Å²) >= 11 is 3.34. The standard InChI is InChI=1S/C17H25BrFN/c1-4-20-17(13-8-11(2)7-12(3)9-13)15-6-5-14(18)10-16(15)19/h5-6,10-13,17,20H,4,7-9H2,1-3H3. The first-order valence-corrected chi connectivity index (χ1v) is 8.48. The lowest BCUT2D eigenvalue weighted by Gasteiger charge is -2.37. The molecule has 1 nitrogen and oxygen atoms in total. The molecule has 1 N–H and O–H groups in total. The molecule has 1 fully saturated rings. The smallest absolute Gasteiger partial charge is 0.129 e. The second kappa shape index (κ2) is 7.04. The van der Waals surface area contributed by atoms with E-state index in [9.17, 15) is 4.39 Å². The minimum Gasteiger partial charge on any atom is -0.310 e. The van der Waals surface area contributed by atoms with Crippen LogP contribution < -0.4 is 5.32 Å². The van der Waals surface area contributed by atoms with E-state index in [-0.39, 0.29) is 11.9 Å². The molecule has 0 radical (unpaired) electrons. The molecule has 1 aromatic rings. The Bertz CT molecular complexity index is 439. The maximum absolute atomic E-state index is 14.3. The number of halogens is 2. The van der Waals surface area contributed by atoms with Gasteiger partial charge in [0.2, 0.25) is 0 Å². The minimum absolute atomic E-state index is 0.101. The van der Waals surface area contributed by atoms with Crippen LogP contribution in [0.3, 0.4) is 0 Å². The maximum atomic E-state index is 14.3. The number of nitrogens with one attached hydrogen (secondary N) is 1. The van der Waals surface area contributed by atoms with Gasteiger partial charge in [0.1, 0.15) is 5.82 Å². The normalized spacial score (nSPS) is 28.4. The van der Waals surface area contributed by atoms with Gasteiger partial charge in [-0.1, -0.05) is 42.8 Å². The second-order valence-corrected chi connectivity index (χ2v) is 7.29. The van der Waals surface area contributed by atoms with E-state index in [1.807, 2.05) is 12.1 Å². The summed E-state index contributed by atoms with van der Waals surface area (Å²) < 4.78 is 15.1. The molecule has 1 aromatic carbocycles. The number of rotatable bonds is 4. The highest BCUT2D eigenvalue weighted by atomic mass is 79.9. The number of benzene rings is 1. The molecule has 0 aromatic heterocycles. The van der Waals surface area contributed by atoms with Gasteiger partial charge in [-0.25, -0.2) is 4.39 Å². The van der Waals surface area contributed by atoms with Crippen LogP contribution in [0.4, 0.5) is 4.39 Å². The zero-order valence-electron chi connectivity index (χ0n) is 12.6. The Labute approximate surface area is 130 Å². The fourth-order valence-electron chi connectivity index (χ4n) is 3.79. The van der Waals surface area contributed by atoms with Gasteiger partial charge >= 0.3 is 0 Å². The lowest BCUT2D eigenvalue weighted by atomic mass is 9.72. The van der Waals surface area contributed by atoms with Crippen molar-refractivity contribution in [1.82, 2.24) is 5.32 Å². The van der Waals surface area contributed by atoms with Crippen LogP contribution in [0.5, 0.6) is 0 Å². The molecule has 2 rings (SSSR count). The molecule has 3 heteroatoms. The lowest BCUT2D eigenvalue weighted by Crippen LogP contribution is -2.33. The quantitative estimate of drug-likeness (QED) is 0.782. The molecule has 1 aliphatic carbocycles. The summed E-state index contributed by atoms with van der Waals surface area (Å²) in [6.45, 7) is 7.62. The van der Waals surface area contributed by atoms with E-state index in [4.69, 9.17) is 0 Å². The van der Waals surface area contributed by atoms with Gasteiger partial charge in [0.15, 0.2) is 0 Å².